The SMILES string of the molecule is CC(C)NCc1cn(CCOCc2ccccc2Br)nn1. The Balaban J connectivity index is 1.70. The number of aromatic nitrogens is 3. The molecule has 0 aliphatic rings. The van der Waals surface area contributed by atoms with Crippen molar-refractivity contribution in [2.75, 3.05) is 6.61 Å². The minimum absolute atomic E-state index is 0.447. The summed E-state index contributed by atoms with van der Waals surface area (Å²) < 4.78 is 8.57. The fraction of sp³-hybridized carbons (Fsp3) is 0.467. The van der Waals surface area contributed by atoms with Gasteiger partial charge < -0.3 is 10.1 Å². The van der Waals surface area contributed by atoms with E-state index in [1.165, 1.54) is 0 Å². The van der Waals surface area contributed by atoms with Crippen LogP contribution in [0.5, 0.6) is 0 Å². The topological polar surface area (TPSA) is 52.0 Å². The molecule has 0 amide bonds. The smallest absolute Gasteiger partial charge is 0.0964 e. The van der Waals surface area contributed by atoms with E-state index < -0.39 is 0 Å². The molecule has 0 saturated heterocycles. The fourth-order valence-corrected chi connectivity index (χ4v) is 2.19. The molecule has 0 unspecified atom stereocenters. The van der Waals surface area contributed by atoms with E-state index in [0.717, 1.165) is 22.3 Å². The third-order valence-electron chi connectivity index (χ3n) is 2.96. The summed E-state index contributed by atoms with van der Waals surface area (Å²) in [6.07, 6.45) is 1.96. The summed E-state index contributed by atoms with van der Waals surface area (Å²) >= 11 is 3.51. The van der Waals surface area contributed by atoms with E-state index >= 15 is 0 Å². The molecule has 0 spiro atoms. The van der Waals surface area contributed by atoms with Gasteiger partial charge in [-0.15, -0.1) is 5.10 Å². The molecule has 21 heavy (non-hydrogen) atoms. The third-order valence-corrected chi connectivity index (χ3v) is 3.73. The molecule has 0 radical (unpaired) electrons. The van der Waals surface area contributed by atoms with Crippen LogP contribution in [0.1, 0.15) is 25.1 Å². The lowest BCUT2D eigenvalue weighted by Crippen LogP contribution is -2.21. The Morgan fingerprint density at radius 1 is 1.33 bits per heavy atom. The van der Waals surface area contributed by atoms with Gasteiger partial charge in [0.15, 0.2) is 0 Å². The molecule has 1 aromatic carbocycles. The maximum Gasteiger partial charge on any atom is 0.0964 e. The highest BCUT2D eigenvalue weighted by Crippen LogP contribution is 2.16. The van der Waals surface area contributed by atoms with Crippen LogP contribution in [0.25, 0.3) is 0 Å². The number of nitrogens with one attached hydrogen (secondary N) is 1. The molecule has 0 atom stereocenters. The van der Waals surface area contributed by atoms with Crippen molar-refractivity contribution in [1.29, 1.82) is 0 Å². The summed E-state index contributed by atoms with van der Waals surface area (Å²) in [6.45, 7) is 6.88. The molecule has 2 aromatic rings. The molecule has 5 nitrogen and oxygen atoms in total. The molecule has 2 rings (SSSR count). The first-order chi connectivity index (χ1) is 10.1. The van der Waals surface area contributed by atoms with Gasteiger partial charge in [-0.1, -0.05) is 53.2 Å². The summed E-state index contributed by atoms with van der Waals surface area (Å²) in [5.74, 6) is 0. The number of nitrogens with zero attached hydrogens (tertiary/aromatic N) is 3. The lowest BCUT2D eigenvalue weighted by Gasteiger charge is -2.06. The van der Waals surface area contributed by atoms with Crippen LogP contribution in [0.2, 0.25) is 0 Å². The molecular formula is C15H21BrN4O. The van der Waals surface area contributed by atoms with Gasteiger partial charge in [-0.3, -0.25) is 0 Å². The number of hydrogen-bond donors (Lipinski definition) is 1. The van der Waals surface area contributed by atoms with Crippen molar-refractivity contribution in [3.63, 3.8) is 0 Å². The number of rotatable bonds is 8. The molecule has 1 heterocycles. The van der Waals surface area contributed by atoms with E-state index in [4.69, 9.17) is 4.74 Å². The summed E-state index contributed by atoms with van der Waals surface area (Å²) in [5, 5.41) is 11.5. The first-order valence-corrected chi connectivity index (χ1v) is 7.88. The minimum atomic E-state index is 0.447. The largest absolute Gasteiger partial charge is 0.375 e. The van der Waals surface area contributed by atoms with Crippen LogP contribution in [0.15, 0.2) is 34.9 Å². The van der Waals surface area contributed by atoms with Gasteiger partial charge in [0.25, 0.3) is 0 Å². The standard InChI is InChI=1S/C15H21BrN4O/c1-12(2)17-9-14-10-20(19-18-14)7-8-21-11-13-5-3-4-6-15(13)16/h3-6,10,12,17H,7-9,11H2,1-2H3. The van der Waals surface area contributed by atoms with E-state index in [1.807, 2.05) is 29.1 Å². The molecule has 1 N–H and O–H groups in total. The second-order valence-corrected chi connectivity index (χ2v) is 6.01. The molecule has 0 aliphatic carbocycles. The van der Waals surface area contributed by atoms with E-state index in [0.29, 0.717) is 25.8 Å². The average Bonchev–Trinajstić information content (AvgIpc) is 2.91. The molecule has 6 heteroatoms. The molecule has 0 bridgehead atoms. The Labute approximate surface area is 133 Å². The van der Waals surface area contributed by atoms with Gasteiger partial charge in [0.05, 0.1) is 25.5 Å². The fourth-order valence-electron chi connectivity index (χ4n) is 1.79. The maximum atomic E-state index is 5.68. The second kappa shape index (κ2) is 8.26. The lowest BCUT2D eigenvalue weighted by molar-refractivity contribution is 0.110. The Kier molecular flexibility index (Phi) is 6.35. The number of benzene rings is 1. The zero-order chi connectivity index (χ0) is 15.1. The van der Waals surface area contributed by atoms with E-state index in [1.54, 1.807) is 0 Å². The lowest BCUT2D eigenvalue weighted by atomic mass is 10.2. The van der Waals surface area contributed by atoms with Crippen molar-refractivity contribution in [3.05, 3.63) is 46.2 Å². The highest BCUT2D eigenvalue weighted by Gasteiger charge is 2.02. The predicted molar refractivity (Wildman–Crippen MR) is 85.8 cm³/mol. The van der Waals surface area contributed by atoms with Gasteiger partial charge >= 0.3 is 0 Å². The van der Waals surface area contributed by atoms with Gasteiger partial charge in [-0.25, -0.2) is 4.68 Å². The van der Waals surface area contributed by atoms with Gasteiger partial charge in [-0.2, -0.15) is 0 Å². The van der Waals surface area contributed by atoms with E-state index in [2.05, 4.69) is 51.5 Å². The molecule has 114 valence electrons. The summed E-state index contributed by atoms with van der Waals surface area (Å²) in [6, 6.07) is 8.52. The van der Waals surface area contributed by atoms with Crippen LogP contribution in [0, 0.1) is 0 Å². The van der Waals surface area contributed by atoms with Crippen LogP contribution in [-0.2, 0) is 24.4 Å². The Hall–Kier alpha value is -1.24. The Morgan fingerprint density at radius 3 is 2.90 bits per heavy atom. The highest BCUT2D eigenvalue weighted by molar-refractivity contribution is 9.10. The monoisotopic (exact) mass is 352 g/mol. The van der Waals surface area contributed by atoms with Gasteiger partial charge in [0.2, 0.25) is 0 Å². The van der Waals surface area contributed by atoms with Gasteiger partial charge in [0.1, 0.15) is 0 Å². The summed E-state index contributed by atoms with van der Waals surface area (Å²) in [7, 11) is 0. The predicted octanol–water partition coefficient (Wildman–Crippen LogP) is 2.76. The van der Waals surface area contributed by atoms with Gasteiger partial charge in [0, 0.05) is 23.3 Å². The minimum Gasteiger partial charge on any atom is -0.375 e. The quantitative estimate of drug-likeness (QED) is 0.742. The van der Waals surface area contributed by atoms with Crippen LogP contribution in [0.3, 0.4) is 0 Å². The normalized spacial score (nSPS) is 11.2. The molecule has 0 saturated carbocycles. The van der Waals surface area contributed by atoms with Crippen molar-refractivity contribution in [3.8, 4) is 0 Å². The van der Waals surface area contributed by atoms with Crippen LogP contribution in [-0.4, -0.2) is 27.6 Å². The zero-order valence-corrected chi connectivity index (χ0v) is 14.0. The Bertz CT molecular complexity index is 556. The third kappa shape index (κ3) is 5.57. The molecule has 0 fully saturated rings. The van der Waals surface area contributed by atoms with Crippen molar-refractivity contribution >= 4 is 15.9 Å². The second-order valence-electron chi connectivity index (χ2n) is 5.15. The number of hydrogen-bond acceptors (Lipinski definition) is 4. The Morgan fingerprint density at radius 2 is 2.14 bits per heavy atom. The van der Waals surface area contributed by atoms with Crippen LogP contribution in [0.4, 0.5) is 0 Å². The summed E-state index contributed by atoms with van der Waals surface area (Å²) in [5.41, 5.74) is 2.10. The van der Waals surface area contributed by atoms with Crippen LogP contribution >= 0.6 is 15.9 Å². The average molecular weight is 353 g/mol. The molecular weight excluding hydrogens is 332 g/mol. The first kappa shape index (κ1) is 16.1. The van der Waals surface area contributed by atoms with Crippen molar-refractivity contribution in [2.45, 2.75) is 39.6 Å². The first-order valence-electron chi connectivity index (χ1n) is 7.08. The van der Waals surface area contributed by atoms with Crippen molar-refractivity contribution in [1.82, 2.24) is 20.3 Å². The molecule has 1 aromatic heterocycles. The van der Waals surface area contributed by atoms with Gasteiger partial charge in [-0.05, 0) is 11.6 Å². The summed E-state index contributed by atoms with van der Waals surface area (Å²) in [4.78, 5) is 0. The van der Waals surface area contributed by atoms with E-state index in [9.17, 15) is 0 Å². The number of ether oxygens (including phenoxy) is 1. The number of halogens is 1. The maximum absolute atomic E-state index is 5.68. The van der Waals surface area contributed by atoms with E-state index in [-0.39, 0.29) is 0 Å². The van der Waals surface area contributed by atoms with Crippen molar-refractivity contribution < 1.29 is 4.74 Å². The highest BCUT2D eigenvalue weighted by atomic mass is 79.9. The zero-order valence-electron chi connectivity index (χ0n) is 12.4. The van der Waals surface area contributed by atoms with Crippen LogP contribution < -0.4 is 5.32 Å². The molecule has 0 aliphatic heterocycles. The van der Waals surface area contributed by atoms with Crippen molar-refractivity contribution in [2.24, 2.45) is 0 Å².